The zero-order valence-corrected chi connectivity index (χ0v) is 11.8. The summed E-state index contributed by atoms with van der Waals surface area (Å²) in [5, 5.41) is 3.52. The summed E-state index contributed by atoms with van der Waals surface area (Å²) in [6.45, 7) is 1.92. The van der Waals surface area contributed by atoms with Crippen molar-refractivity contribution in [3.05, 3.63) is 0 Å². The molecular formula is C12H22N2O3S. The van der Waals surface area contributed by atoms with Gasteiger partial charge in [-0.05, 0) is 38.9 Å². The van der Waals surface area contributed by atoms with Gasteiger partial charge in [0.15, 0.2) is 6.04 Å². The molecule has 1 aliphatic carbocycles. The maximum absolute atomic E-state index is 11.7. The quantitative estimate of drug-likeness (QED) is 0.569. The average molecular weight is 274 g/mol. The molecule has 0 aromatic rings. The number of ether oxygens (including phenoxy) is 1. The van der Waals surface area contributed by atoms with Gasteiger partial charge in [-0.15, -0.1) is 0 Å². The highest BCUT2D eigenvalue weighted by Crippen LogP contribution is 2.26. The minimum atomic E-state index is -1.21. The van der Waals surface area contributed by atoms with Gasteiger partial charge in [-0.3, -0.25) is 4.79 Å². The largest absolute Gasteiger partial charge is 0.464 e. The van der Waals surface area contributed by atoms with Crippen molar-refractivity contribution >= 4 is 23.6 Å². The predicted molar refractivity (Wildman–Crippen MR) is 72.3 cm³/mol. The van der Waals surface area contributed by atoms with E-state index >= 15 is 0 Å². The normalized spacial score (nSPS) is 25.3. The van der Waals surface area contributed by atoms with Gasteiger partial charge >= 0.3 is 5.97 Å². The van der Waals surface area contributed by atoms with Crippen LogP contribution in [0.25, 0.3) is 0 Å². The highest BCUT2D eigenvalue weighted by atomic mass is 32.2. The summed E-state index contributed by atoms with van der Waals surface area (Å²) in [7, 11) is 0. The lowest BCUT2D eigenvalue weighted by molar-refractivity contribution is -0.148. The lowest BCUT2D eigenvalue weighted by Gasteiger charge is -2.28. The van der Waals surface area contributed by atoms with Crippen LogP contribution in [-0.2, 0) is 14.3 Å². The number of carbonyl (C=O) groups excluding carboxylic acids is 2. The van der Waals surface area contributed by atoms with Gasteiger partial charge in [0.1, 0.15) is 0 Å². The number of hydrogen-bond donors (Lipinski definition) is 2. The monoisotopic (exact) mass is 274 g/mol. The van der Waals surface area contributed by atoms with E-state index < -0.39 is 17.9 Å². The maximum atomic E-state index is 11.7. The Morgan fingerprint density at radius 3 is 2.50 bits per heavy atom. The van der Waals surface area contributed by atoms with E-state index in [1.165, 1.54) is 0 Å². The molecule has 18 heavy (non-hydrogen) atoms. The van der Waals surface area contributed by atoms with Crippen LogP contribution in [0, 0.1) is 0 Å². The summed E-state index contributed by atoms with van der Waals surface area (Å²) < 4.78 is 4.72. The summed E-state index contributed by atoms with van der Waals surface area (Å²) in [6.07, 6.45) is 6.21. The van der Waals surface area contributed by atoms with E-state index in [0.29, 0.717) is 5.25 Å². The summed E-state index contributed by atoms with van der Waals surface area (Å²) >= 11 is 1.87. The number of nitrogens with one attached hydrogen (secondary N) is 1. The van der Waals surface area contributed by atoms with E-state index in [4.69, 9.17) is 10.5 Å². The Balaban J connectivity index is 2.34. The minimum absolute atomic E-state index is 0.140. The molecule has 1 amide bonds. The first-order valence-corrected chi connectivity index (χ1v) is 7.62. The molecule has 1 aliphatic rings. The fourth-order valence-electron chi connectivity index (χ4n) is 2.07. The van der Waals surface area contributed by atoms with Crippen LogP contribution in [0.4, 0.5) is 0 Å². The van der Waals surface area contributed by atoms with Crippen LogP contribution < -0.4 is 11.1 Å². The number of thioether (sulfide) groups is 1. The lowest BCUT2D eigenvalue weighted by Crippen LogP contribution is -2.50. The molecule has 0 radical (unpaired) electrons. The van der Waals surface area contributed by atoms with Crippen LogP contribution in [-0.4, -0.2) is 42.1 Å². The first kappa shape index (κ1) is 15.3. The molecule has 3 N–H and O–H groups in total. The number of nitrogens with two attached hydrogens (primary N) is 1. The third kappa shape index (κ3) is 4.49. The second kappa shape index (κ2) is 7.63. The van der Waals surface area contributed by atoms with E-state index in [1.54, 1.807) is 6.92 Å². The average Bonchev–Trinajstić information content (AvgIpc) is 2.39. The molecule has 104 valence electrons. The van der Waals surface area contributed by atoms with Crippen molar-refractivity contribution in [3.63, 3.8) is 0 Å². The molecule has 1 fully saturated rings. The second-order valence-corrected chi connectivity index (χ2v) is 5.59. The molecule has 0 spiro atoms. The molecule has 5 nitrogen and oxygen atoms in total. The van der Waals surface area contributed by atoms with Crippen molar-refractivity contribution in [2.24, 2.45) is 5.73 Å². The molecule has 0 saturated heterocycles. The lowest BCUT2D eigenvalue weighted by atomic mass is 9.95. The van der Waals surface area contributed by atoms with Crippen molar-refractivity contribution < 1.29 is 14.3 Å². The Kier molecular flexibility index (Phi) is 6.49. The first-order valence-electron chi connectivity index (χ1n) is 6.33. The molecule has 1 atom stereocenters. The van der Waals surface area contributed by atoms with Crippen LogP contribution in [0.1, 0.15) is 32.6 Å². The van der Waals surface area contributed by atoms with Crippen LogP contribution in [0.5, 0.6) is 0 Å². The van der Waals surface area contributed by atoms with Gasteiger partial charge in [0.25, 0.3) is 0 Å². The number of rotatable bonds is 5. The van der Waals surface area contributed by atoms with E-state index in [2.05, 4.69) is 11.6 Å². The molecule has 6 heteroatoms. The molecule has 0 aliphatic heterocycles. The van der Waals surface area contributed by atoms with Crippen molar-refractivity contribution in [1.29, 1.82) is 0 Å². The maximum Gasteiger partial charge on any atom is 0.332 e. The zero-order valence-electron chi connectivity index (χ0n) is 11.0. The third-order valence-corrected chi connectivity index (χ3v) is 4.31. The number of amides is 1. The predicted octanol–water partition coefficient (Wildman–Crippen LogP) is 0.667. The number of hydrogen-bond acceptors (Lipinski definition) is 5. The summed E-state index contributed by atoms with van der Waals surface area (Å²) in [5.74, 6) is -1.09. The van der Waals surface area contributed by atoms with Gasteiger partial charge in [-0.25, -0.2) is 4.79 Å². The van der Waals surface area contributed by atoms with E-state index in [9.17, 15) is 9.59 Å². The van der Waals surface area contributed by atoms with Crippen LogP contribution >= 0.6 is 11.8 Å². The second-order valence-electron chi connectivity index (χ2n) is 4.45. The third-order valence-electron chi connectivity index (χ3n) is 3.18. The Bertz CT molecular complexity index is 291. The standard InChI is InChI=1S/C12H22N2O3S/c1-3-17-12(16)10(13)11(15)14-8-4-6-9(18-2)7-5-8/h8-10H,3-7,13H2,1-2H3,(H,14,15). The Morgan fingerprint density at radius 2 is 2.00 bits per heavy atom. The van der Waals surface area contributed by atoms with Gasteiger partial charge < -0.3 is 15.8 Å². The smallest absolute Gasteiger partial charge is 0.332 e. The SMILES string of the molecule is CCOC(=O)C(N)C(=O)NC1CCC(SC)CC1. The summed E-state index contributed by atoms with van der Waals surface area (Å²) in [4.78, 5) is 23.0. The Labute approximate surface area is 112 Å². The van der Waals surface area contributed by atoms with Gasteiger partial charge in [-0.2, -0.15) is 11.8 Å². The molecule has 1 unspecified atom stereocenters. The molecule has 0 aromatic carbocycles. The van der Waals surface area contributed by atoms with Crippen molar-refractivity contribution in [3.8, 4) is 0 Å². The molecule has 0 bridgehead atoms. The number of carbonyl (C=O) groups is 2. The summed E-state index contributed by atoms with van der Waals surface area (Å²) in [6, 6.07) is -1.07. The fourth-order valence-corrected chi connectivity index (χ4v) is 2.82. The minimum Gasteiger partial charge on any atom is -0.464 e. The van der Waals surface area contributed by atoms with Gasteiger partial charge in [-0.1, -0.05) is 0 Å². The highest BCUT2D eigenvalue weighted by Gasteiger charge is 2.27. The van der Waals surface area contributed by atoms with Crippen molar-refractivity contribution in [2.75, 3.05) is 12.9 Å². The van der Waals surface area contributed by atoms with Crippen LogP contribution in [0.15, 0.2) is 0 Å². The fraction of sp³-hybridized carbons (Fsp3) is 0.833. The highest BCUT2D eigenvalue weighted by molar-refractivity contribution is 7.99. The van der Waals surface area contributed by atoms with Gasteiger partial charge in [0.05, 0.1) is 6.61 Å². The topological polar surface area (TPSA) is 81.4 Å². The first-order chi connectivity index (χ1) is 8.58. The van der Waals surface area contributed by atoms with Crippen molar-refractivity contribution in [1.82, 2.24) is 5.32 Å². The molecule has 1 saturated carbocycles. The van der Waals surface area contributed by atoms with E-state index in [1.807, 2.05) is 11.8 Å². The Hall–Kier alpha value is -0.750. The molecule has 0 aromatic heterocycles. The zero-order chi connectivity index (χ0) is 13.5. The molecule has 1 rings (SSSR count). The number of esters is 1. The van der Waals surface area contributed by atoms with Crippen LogP contribution in [0.2, 0.25) is 0 Å². The van der Waals surface area contributed by atoms with Gasteiger partial charge in [0.2, 0.25) is 5.91 Å². The van der Waals surface area contributed by atoms with E-state index in [-0.39, 0.29) is 12.6 Å². The van der Waals surface area contributed by atoms with E-state index in [0.717, 1.165) is 25.7 Å². The summed E-state index contributed by atoms with van der Waals surface area (Å²) in [5.41, 5.74) is 5.53. The van der Waals surface area contributed by atoms with Crippen LogP contribution in [0.3, 0.4) is 0 Å². The molecule has 0 heterocycles. The van der Waals surface area contributed by atoms with Gasteiger partial charge in [0, 0.05) is 11.3 Å². The Morgan fingerprint density at radius 1 is 1.39 bits per heavy atom. The molecular weight excluding hydrogens is 252 g/mol. The van der Waals surface area contributed by atoms with Crippen molar-refractivity contribution in [2.45, 2.75) is 49.9 Å².